The zero-order valence-corrected chi connectivity index (χ0v) is 14.0. The summed E-state index contributed by atoms with van der Waals surface area (Å²) in [6.45, 7) is 6.48. The third kappa shape index (κ3) is 2.67. The smallest absolute Gasteiger partial charge is 0.106 e. The minimum absolute atomic E-state index is 0.141. The fraction of sp³-hybridized carbons (Fsp3) is 0.588. The maximum Gasteiger partial charge on any atom is 0.106 e. The van der Waals surface area contributed by atoms with Crippen LogP contribution < -0.4 is 5.73 Å². The zero-order valence-electron chi connectivity index (χ0n) is 13.2. The first kappa shape index (κ1) is 14.8. The number of thiophene rings is 1. The Labute approximate surface area is 131 Å². The summed E-state index contributed by atoms with van der Waals surface area (Å²) in [5, 5.41) is 0. The second-order valence-corrected chi connectivity index (χ2v) is 7.41. The Morgan fingerprint density at radius 1 is 1.29 bits per heavy atom. The van der Waals surface area contributed by atoms with Crippen LogP contribution in [0.15, 0.2) is 12.1 Å². The molecule has 1 aliphatic carbocycles. The molecule has 0 amide bonds. The molecule has 4 heteroatoms. The van der Waals surface area contributed by atoms with Gasteiger partial charge in [0.2, 0.25) is 0 Å². The minimum Gasteiger partial charge on any atom is -0.326 e. The first-order chi connectivity index (χ1) is 10.1. The van der Waals surface area contributed by atoms with Crippen LogP contribution >= 0.6 is 11.3 Å². The number of aromatic nitrogens is 2. The van der Waals surface area contributed by atoms with Crippen LogP contribution in [0.2, 0.25) is 0 Å². The van der Waals surface area contributed by atoms with Gasteiger partial charge in [0, 0.05) is 21.5 Å². The molecular formula is C17H25N3S. The molecule has 0 fully saturated rings. The lowest BCUT2D eigenvalue weighted by Crippen LogP contribution is -2.33. The van der Waals surface area contributed by atoms with Gasteiger partial charge >= 0.3 is 0 Å². The molecule has 0 aromatic carbocycles. The van der Waals surface area contributed by atoms with Crippen molar-refractivity contribution in [3.05, 3.63) is 39.1 Å². The molecule has 2 aromatic heterocycles. The maximum atomic E-state index is 6.51. The van der Waals surface area contributed by atoms with Crippen LogP contribution in [-0.4, -0.2) is 15.6 Å². The molecule has 0 bridgehead atoms. The van der Waals surface area contributed by atoms with Crippen LogP contribution in [0.3, 0.4) is 0 Å². The summed E-state index contributed by atoms with van der Waals surface area (Å²) in [4.78, 5) is 7.56. The van der Waals surface area contributed by atoms with Crippen LogP contribution in [0.5, 0.6) is 0 Å². The van der Waals surface area contributed by atoms with Crippen molar-refractivity contribution < 1.29 is 0 Å². The van der Waals surface area contributed by atoms with E-state index in [2.05, 4.69) is 37.5 Å². The lowest BCUT2D eigenvalue weighted by molar-refractivity contribution is 0.441. The van der Waals surface area contributed by atoms with E-state index in [9.17, 15) is 0 Å². The summed E-state index contributed by atoms with van der Waals surface area (Å²) in [7, 11) is 0. The third-order valence-electron chi connectivity index (χ3n) is 4.55. The topological polar surface area (TPSA) is 43.8 Å². The SMILES string of the molecule is CCC(N)C(c1ccc(C)s1)n1c(C)nc2c1CCCC2. The Hall–Kier alpha value is -1.13. The third-order valence-corrected chi connectivity index (χ3v) is 5.63. The van der Waals surface area contributed by atoms with Crippen molar-refractivity contribution in [3.8, 4) is 0 Å². The monoisotopic (exact) mass is 303 g/mol. The summed E-state index contributed by atoms with van der Waals surface area (Å²) in [5.74, 6) is 1.13. The average molecular weight is 303 g/mol. The normalized spacial score (nSPS) is 17.5. The van der Waals surface area contributed by atoms with Gasteiger partial charge in [-0.15, -0.1) is 11.3 Å². The fourth-order valence-electron chi connectivity index (χ4n) is 3.43. The standard InChI is InChI=1S/C17H25N3S/c1-4-13(18)17(16-10-9-11(2)21-16)20-12(3)19-14-7-5-6-8-15(14)20/h9-10,13,17H,4-8,18H2,1-3H3. The highest BCUT2D eigenvalue weighted by atomic mass is 32.1. The van der Waals surface area contributed by atoms with E-state index >= 15 is 0 Å². The van der Waals surface area contributed by atoms with E-state index in [1.807, 2.05) is 11.3 Å². The van der Waals surface area contributed by atoms with E-state index in [1.165, 1.54) is 34.0 Å². The van der Waals surface area contributed by atoms with Gasteiger partial charge in [0.15, 0.2) is 0 Å². The number of rotatable bonds is 4. The molecule has 0 saturated carbocycles. The Bertz CT molecular complexity index is 626. The summed E-state index contributed by atoms with van der Waals surface area (Å²) in [6, 6.07) is 4.83. The van der Waals surface area contributed by atoms with E-state index in [-0.39, 0.29) is 12.1 Å². The number of hydrogen-bond donors (Lipinski definition) is 1. The van der Waals surface area contributed by atoms with Crippen LogP contribution in [0.4, 0.5) is 0 Å². The zero-order chi connectivity index (χ0) is 15.0. The van der Waals surface area contributed by atoms with E-state index in [1.54, 1.807) is 0 Å². The molecule has 2 heterocycles. The summed E-state index contributed by atoms with van der Waals surface area (Å²) < 4.78 is 2.44. The van der Waals surface area contributed by atoms with Crippen LogP contribution in [0, 0.1) is 13.8 Å². The van der Waals surface area contributed by atoms with Crippen LogP contribution in [-0.2, 0) is 12.8 Å². The molecule has 2 atom stereocenters. The van der Waals surface area contributed by atoms with E-state index in [0.29, 0.717) is 0 Å². The molecule has 0 radical (unpaired) electrons. The second kappa shape index (κ2) is 5.93. The number of aryl methyl sites for hydroxylation is 3. The Balaban J connectivity index is 2.10. The number of imidazole rings is 1. The predicted molar refractivity (Wildman–Crippen MR) is 89.1 cm³/mol. The van der Waals surface area contributed by atoms with Crippen molar-refractivity contribution in [3.63, 3.8) is 0 Å². The molecule has 2 N–H and O–H groups in total. The van der Waals surface area contributed by atoms with Crippen molar-refractivity contribution in [1.29, 1.82) is 0 Å². The Kier molecular flexibility index (Phi) is 4.18. The molecule has 0 spiro atoms. The Morgan fingerprint density at radius 3 is 2.71 bits per heavy atom. The predicted octanol–water partition coefficient (Wildman–Crippen LogP) is 3.77. The highest BCUT2D eigenvalue weighted by Crippen LogP contribution is 2.34. The number of hydrogen-bond acceptors (Lipinski definition) is 3. The van der Waals surface area contributed by atoms with Crippen molar-refractivity contribution in [2.45, 2.75) is 65.0 Å². The van der Waals surface area contributed by atoms with Gasteiger partial charge in [0.1, 0.15) is 5.82 Å². The van der Waals surface area contributed by atoms with Gasteiger partial charge < -0.3 is 10.3 Å². The van der Waals surface area contributed by atoms with Gasteiger partial charge in [0.05, 0.1) is 11.7 Å². The van der Waals surface area contributed by atoms with Gasteiger partial charge in [-0.1, -0.05) is 6.92 Å². The molecular weight excluding hydrogens is 278 g/mol. The molecule has 1 aliphatic rings. The number of nitrogens with two attached hydrogens (primary N) is 1. The van der Waals surface area contributed by atoms with E-state index < -0.39 is 0 Å². The van der Waals surface area contributed by atoms with E-state index in [4.69, 9.17) is 10.7 Å². The van der Waals surface area contributed by atoms with Crippen molar-refractivity contribution in [2.24, 2.45) is 5.73 Å². The van der Waals surface area contributed by atoms with Gasteiger partial charge in [-0.05, 0) is 58.1 Å². The summed E-state index contributed by atoms with van der Waals surface area (Å²) in [6.07, 6.45) is 5.80. The quantitative estimate of drug-likeness (QED) is 0.934. The maximum absolute atomic E-state index is 6.51. The first-order valence-corrected chi connectivity index (χ1v) is 8.82. The van der Waals surface area contributed by atoms with Gasteiger partial charge in [-0.25, -0.2) is 4.98 Å². The van der Waals surface area contributed by atoms with Gasteiger partial charge in [-0.3, -0.25) is 0 Å². The van der Waals surface area contributed by atoms with Gasteiger partial charge in [0.25, 0.3) is 0 Å². The van der Waals surface area contributed by atoms with Gasteiger partial charge in [-0.2, -0.15) is 0 Å². The fourth-order valence-corrected chi connectivity index (χ4v) is 4.48. The molecule has 3 rings (SSSR count). The summed E-state index contributed by atoms with van der Waals surface area (Å²) in [5.41, 5.74) is 9.25. The lowest BCUT2D eigenvalue weighted by atomic mass is 9.98. The average Bonchev–Trinajstić information content (AvgIpc) is 3.04. The molecule has 2 unspecified atom stereocenters. The van der Waals surface area contributed by atoms with Crippen molar-refractivity contribution in [2.75, 3.05) is 0 Å². The van der Waals surface area contributed by atoms with E-state index in [0.717, 1.165) is 25.1 Å². The van der Waals surface area contributed by atoms with Crippen LogP contribution in [0.25, 0.3) is 0 Å². The summed E-state index contributed by atoms with van der Waals surface area (Å²) >= 11 is 1.87. The van der Waals surface area contributed by atoms with Crippen LogP contribution in [0.1, 0.15) is 59.2 Å². The molecule has 114 valence electrons. The molecule has 21 heavy (non-hydrogen) atoms. The van der Waals surface area contributed by atoms with Crippen molar-refractivity contribution in [1.82, 2.24) is 9.55 Å². The Morgan fingerprint density at radius 2 is 2.05 bits per heavy atom. The molecule has 0 saturated heterocycles. The molecule has 0 aliphatic heterocycles. The number of fused-ring (bicyclic) bond motifs is 1. The van der Waals surface area contributed by atoms with Crippen molar-refractivity contribution >= 4 is 11.3 Å². The molecule has 2 aromatic rings. The lowest BCUT2D eigenvalue weighted by Gasteiger charge is -2.28. The second-order valence-electron chi connectivity index (χ2n) is 6.09. The first-order valence-electron chi connectivity index (χ1n) is 8.00. The highest BCUT2D eigenvalue weighted by molar-refractivity contribution is 7.12. The largest absolute Gasteiger partial charge is 0.326 e. The molecule has 3 nitrogen and oxygen atoms in total. The highest BCUT2D eigenvalue weighted by Gasteiger charge is 2.28. The minimum atomic E-state index is 0.141. The number of nitrogens with zero attached hydrogens (tertiary/aromatic N) is 2.